The van der Waals surface area contributed by atoms with Crippen molar-refractivity contribution >= 4 is 17.7 Å². The Morgan fingerprint density at radius 2 is 1.46 bits per heavy atom. The molecule has 3 fully saturated rings. The standard InChI is InChI=1S/C33H37F6N3O4/c1-20-5-3-4-6-25(20)27-19-42(28(43)22-7-12-41(13-8-22)30(45)31(46)10-11-31)14-9-26(27)29(44)40(2)18-21-15-23(32(34,35)36)17-24(16-21)33(37,38)39/h3-6,15-17,22,26-27,46H,7-14,18-19H2,1-2H3. The zero-order chi connectivity index (χ0) is 33.6. The van der Waals surface area contributed by atoms with E-state index in [1.165, 1.54) is 7.05 Å². The first kappa shape index (κ1) is 33.7. The number of carbonyl (C=O) groups excluding carboxylic acids is 3. The molecule has 2 aliphatic heterocycles. The number of hydrogen-bond donors (Lipinski definition) is 1. The van der Waals surface area contributed by atoms with E-state index in [1.54, 1.807) is 9.80 Å². The predicted octanol–water partition coefficient (Wildman–Crippen LogP) is 5.39. The molecular formula is C33H37F6N3O4. The fraction of sp³-hybridized carbons (Fsp3) is 0.545. The summed E-state index contributed by atoms with van der Waals surface area (Å²) in [6.45, 7) is 2.62. The smallest absolute Gasteiger partial charge is 0.380 e. The normalized spacial score (nSPS) is 22.0. The van der Waals surface area contributed by atoms with Gasteiger partial charge in [-0.15, -0.1) is 0 Å². The maximum absolute atomic E-state index is 13.8. The van der Waals surface area contributed by atoms with Crippen molar-refractivity contribution in [1.29, 1.82) is 0 Å². The lowest BCUT2D eigenvalue weighted by Crippen LogP contribution is -2.51. The summed E-state index contributed by atoms with van der Waals surface area (Å²) in [7, 11) is 1.36. The van der Waals surface area contributed by atoms with Gasteiger partial charge in [0.2, 0.25) is 11.8 Å². The van der Waals surface area contributed by atoms with Gasteiger partial charge in [0.05, 0.1) is 11.1 Å². The molecule has 1 aliphatic carbocycles. The van der Waals surface area contributed by atoms with Gasteiger partial charge in [0, 0.05) is 57.5 Å². The highest BCUT2D eigenvalue weighted by molar-refractivity contribution is 5.88. The fourth-order valence-corrected chi connectivity index (χ4v) is 6.73. The van der Waals surface area contributed by atoms with E-state index in [9.17, 15) is 45.8 Å². The summed E-state index contributed by atoms with van der Waals surface area (Å²) in [6.07, 6.45) is -7.95. The third-order valence-electron chi connectivity index (χ3n) is 9.53. The number of halogens is 6. The van der Waals surface area contributed by atoms with E-state index in [4.69, 9.17) is 0 Å². The Balaban J connectivity index is 1.32. The summed E-state index contributed by atoms with van der Waals surface area (Å²) in [5.41, 5.74) is -2.72. The van der Waals surface area contributed by atoms with Crippen LogP contribution in [0.3, 0.4) is 0 Å². The second-order valence-electron chi connectivity index (χ2n) is 12.8. The number of carbonyl (C=O) groups is 3. The topological polar surface area (TPSA) is 81.2 Å². The lowest BCUT2D eigenvalue weighted by atomic mass is 9.77. The average Bonchev–Trinajstić information content (AvgIpc) is 3.77. The molecule has 13 heteroatoms. The Hall–Kier alpha value is -3.61. The van der Waals surface area contributed by atoms with Crippen LogP contribution >= 0.6 is 0 Å². The zero-order valence-corrected chi connectivity index (χ0v) is 25.6. The van der Waals surface area contributed by atoms with Gasteiger partial charge in [0.1, 0.15) is 5.60 Å². The highest BCUT2D eigenvalue weighted by atomic mass is 19.4. The highest BCUT2D eigenvalue weighted by Gasteiger charge is 2.51. The molecule has 2 unspecified atom stereocenters. The predicted molar refractivity (Wildman–Crippen MR) is 155 cm³/mol. The minimum atomic E-state index is -5.00. The van der Waals surface area contributed by atoms with Gasteiger partial charge in [0.25, 0.3) is 5.91 Å². The number of piperidine rings is 2. The summed E-state index contributed by atoms with van der Waals surface area (Å²) in [4.78, 5) is 44.5. The summed E-state index contributed by atoms with van der Waals surface area (Å²) < 4.78 is 80.6. The molecule has 2 saturated heterocycles. The average molecular weight is 654 g/mol. The first-order valence-electron chi connectivity index (χ1n) is 15.4. The Labute approximate surface area is 263 Å². The monoisotopic (exact) mass is 653 g/mol. The second-order valence-corrected chi connectivity index (χ2v) is 12.8. The summed E-state index contributed by atoms with van der Waals surface area (Å²) in [5, 5.41) is 10.2. The van der Waals surface area contributed by atoms with Crippen molar-refractivity contribution in [2.24, 2.45) is 11.8 Å². The molecule has 5 rings (SSSR count). The van der Waals surface area contributed by atoms with Gasteiger partial charge in [-0.2, -0.15) is 26.3 Å². The fourth-order valence-electron chi connectivity index (χ4n) is 6.73. The van der Waals surface area contributed by atoms with E-state index in [1.807, 2.05) is 31.2 Å². The molecule has 0 aromatic heterocycles. The Morgan fingerprint density at radius 3 is 2.00 bits per heavy atom. The minimum Gasteiger partial charge on any atom is -0.380 e. The Morgan fingerprint density at radius 1 is 0.891 bits per heavy atom. The van der Waals surface area contributed by atoms with Crippen LogP contribution in [0.15, 0.2) is 42.5 Å². The number of hydrogen-bond acceptors (Lipinski definition) is 4. The number of aliphatic hydroxyl groups is 1. The van der Waals surface area contributed by atoms with E-state index in [0.29, 0.717) is 50.9 Å². The van der Waals surface area contributed by atoms with Crippen LogP contribution in [0.25, 0.3) is 0 Å². The van der Waals surface area contributed by atoms with Crippen LogP contribution < -0.4 is 0 Å². The molecule has 46 heavy (non-hydrogen) atoms. The summed E-state index contributed by atoms with van der Waals surface area (Å²) >= 11 is 0. The number of benzene rings is 2. The molecule has 3 aliphatic rings. The molecule has 250 valence electrons. The first-order chi connectivity index (χ1) is 21.5. The number of aryl methyl sites for hydroxylation is 1. The first-order valence-corrected chi connectivity index (χ1v) is 15.4. The van der Waals surface area contributed by atoms with Crippen molar-refractivity contribution in [2.45, 2.75) is 69.4 Å². The molecule has 2 aromatic carbocycles. The zero-order valence-electron chi connectivity index (χ0n) is 25.6. The maximum atomic E-state index is 13.8. The SMILES string of the molecule is Cc1ccccc1C1CN(C(=O)C2CCN(C(=O)C3(O)CC3)CC2)CCC1C(=O)N(C)Cc1cc(C(F)(F)F)cc(C(F)(F)F)c1. The van der Waals surface area contributed by atoms with Crippen LogP contribution in [0.4, 0.5) is 26.3 Å². The maximum Gasteiger partial charge on any atom is 0.416 e. The molecule has 2 atom stereocenters. The summed E-state index contributed by atoms with van der Waals surface area (Å²) in [6, 6.07) is 8.71. The second kappa shape index (κ2) is 12.5. The molecule has 2 aromatic rings. The molecule has 0 bridgehead atoms. The van der Waals surface area contributed by atoms with Gasteiger partial charge in [-0.05, 0) is 73.9 Å². The molecule has 7 nitrogen and oxygen atoms in total. The molecule has 1 N–H and O–H groups in total. The van der Waals surface area contributed by atoms with Gasteiger partial charge in [-0.1, -0.05) is 24.3 Å². The van der Waals surface area contributed by atoms with E-state index < -0.39 is 53.4 Å². The van der Waals surface area contributed by atoms with Crippen molar-refractivity contribution in [1.82, 2.24) is 14.7 Å². The third-order valence-corrected chi connectivity index (χ3v) is 9.53. The number of likely N-dealkylation sites (tertiary alicyclic amines) is 2. The van der Waals surface area contributed by atoms with Gasteiger partial charge >= 0.3 is 12.4 Å². The van der Waals surface area contributed by atoms with Crippen molar-refractivity contribution in [2.75, 3.05) is 33.2 Å². The molecule has 0 spiro atoms. The van der Waals surface area contributed by atoms with Crippen molar-refractivity contribution in [3.8, 4) is 0 Å². The van der Waals surface area contributed by atoms with Crippen LogP contribution in [-0.4, -0.2) is 76.4 Å². The number of nitrogens with zero attached hydrogens (tertiary/aromatic N) is 3. The molecule has 3 amide bonds. The van der Waals surface area contributed by atoms with E-state index >= 15 is 0 Å². The van der Waals surface area contributed by atoms with Crippen LogP contribution in [0.2, 0.25) is 0 Å². The van der Waals surface area contributed by atoms with Crippen molar-refractivity contribution in [3.63, 3.8) is 0 Å². The van der Waals surface area contributed by atoms with E-state index in [2.05, 4.69) is 0 Å². The van der Waals surface area contributed by atoms with Crippen LogP contribution in [0.5, 0.6) is 0 Å². The summed E-state index contributed by atoms with van der Waals surface area (Å²) in [5.74, 6) is -2.25. The number of rotatable bonds is 6. The van der Waals surface area contributed by atoms with Gasteiger partial charge in [-0.25, -0.2) is 0 Å². The third kappa shape index (κ3) is 7.19. The lowest BCUT2D eigenvalue weighted by molar-refractivity contribution is -0.148. The van der Waals surface area contributed by atoms with Crippen LogP contribution in [-0.2, 0) is 33.3 Å². The highest BCUT2D eigenvalue weighted by Crippen LogP contribution is 2.40. The quantitative estimate of drug-likeness (QED) is 0.425. The van der Waals surface area contributed by atoms with Crippen molar-refractivity contribution in [3.05, 3.63) is 70.3 Å². The molecule has 2 heterocycles. The number of alkyl halides is 6. The van der Waals surface area contributed by atoms with E-state index in [-0.39, 0.29) is 48.9 Å². The largest absolute Gasteiger partial charge is 0.416 e. The van der Waals surface area contributed by atoms with Crippen molar-refractivity contribution < 1.29 is 45.8 Å². The lowest BCUT2D eigenvalue weighted by Gasteiger charge is -2.42. The molecule has 0 radical (unpaired) electrons. The van der Waals surface area contributed by atoms with Crippen LogP contribution in [0, 0.1) is 18.8 Å². The van der Waals surface area contributed by atoms with Gasteiger partial charge < -0.3 is 19.8 Å². The number of amides is 3. The van der Waals surface area contributed by atoms with Gasteiger partial charge in [0.15, 0.2) is 0 Å². The molecular weight excluding hydrogens is 616 g/mol. The van der Waals surface area contributed by atoms with E-state index in [0.717, 1.165) is 16.0 Å². The Kier molecular flexibility index (Phi) is 9.20. The Bertz CT molecular complexity index is 1450. The van der Waals surface area contributed by atoms with Gasteiger partial charge in [-0.3, -0.25) is 14.4 Å². The molecule has 1 saturated carbocycles. The minimum absolute atomic E-state index is 0.0597. The van der Waals surface area contributed by atoms with Crippen LogP contribution in [0.1, 0.15) is 65.8 Å².